The molecule has 0 aliphatic heterocycles. The minimum Gasteiger partial charge on any atom is -0.369 e. The van der Waals surface area contributed by atoms with Gasteiger partial charge in [0, 0.05) is 17.2 Å². The Balaban J connectivity index is 2.96. The van der Waals surface area contributed by atoms with Crippen LogP contribution in [0.1, 0.15) is 23.7 Å². The first-order valence-electron chi connectivity index (χ1n) is 4.34. The van der Waals surface area contributed by atoms with Crippen LogP contribution in [0.2, 0.25) is 0 Å². The Morgan fingerprint density at radius 1 is 1.71 bits per heavy atom. The number of rotatable bonds is 4. The third kappa shape index (κ3) is 2.70. The van der Waals surface area contributed by atoms with Crippen molar-refractivity contribution in [2.75, 3.05) is 11.9 Å². The summed E-state index contributed by atoms with van der Waals surface area (Å²) in [5, 5.41) is 3.04. The van der Waals surface area contributed by atoms with Crippen molar-refractivity contribution >= 4 is 27.7 Å². The van der Waals surface area contributed by atoms with E-state index >= 15 is 0 Å². The van der Waals surface area contributed by atoms with Crippen LogP contribution in [0.3, 0.4) is 0 Å². The molecule has 1 aromatic rings. The quantitative estimate of drug-likeness (QED) is 0.864. The molecule has 0 unspecified atom stereocenters. The highest BCUT2D eigenvalue weighted by atomic mass is 79.9. The lowest BCUT2D eigenvalue weighted by Crippen LogP contribution is -2.15. The Kier molecular flexibility index (Phi) is 3.88. The summed E-state index contributed by atoms with van der Waals surface area (Å²) >= 11 is 3.23. The van der Waals surface area contributed by atoms with Crippen molar-refractivity contribution in [1.82, 2.24) is 4.98 Å². The van der Waals surface area contributed by atoms with Gasteiger partial charge in [-0.1, -0.05) is 6.92 Å². The van der Waals surface area contributed by atoms with E-state index in [2.05, 4.69) is 26.2 Å². The van der Waals surface area contributed by atoms with Crippen LogP contribution < -0.4 is 11.1 Å². The molecule has 0 saturated carbocycles. The van der Waals surface area contributed by atoms with Gasteiger partial charge in [0.1, 0.15) is 5.82 Å². The lowest BCUT2D eigenvalue weighted by Gasteiger charge is -2.07. The molecule has 0 aliphatic rings. The molecule has 5 heteroatoms. The lowest BCUT2D eigenvalue weighted by molar-refractivity contribution is 0.100. The molecule has 1 rings (SSSR count). The number of nitrogens with one attached hydrogen (secondary N) is 1. The van der Waals surface area contributed by atoms with Crippen LogP contribution in [0, 0.1) is 0 Å². The summed E-state index contributed by atoms with van der Waals surface area (Å²) in [5.74, 6) is 0.0694. The van der Waals surface area contributed by atoms with Gasteiger partial charge in [-0.25, -0.2) is 4.98 Å². The molecule has 0 radical (unpaired) electrons. The van der Waals surface area contributed by atoms with E-state index in [9.17, 15) is 4.79 Å². The maximum Gasteiger partial charge on any atom is 0.252 e. The Hall–Kier alpha value is -1.10. The van der Waals surface area contributed by atoms with Gasteiger partial charge in [0.05, 0.1) is 5.56 Å². The number of carbonyl (C=O) groups excluding carboxylic acids is 1. The third-order valence-corrected chi connectivity index (χ3v) is 2.10. The second kappa shape index (κ2) is 4.95. The van der Waals surface area contributed by atoms with Crippen molar-refractivity contribution in [2.24, 2.45) is 5.73 Å². The Bertz CT molecular complexity index is 341. The minimum absolute atomic E-state index is 0.410. The first kappa shape index (κ1) is 11.0. The normalized spacial score (nSPS) is 9.86. The maximum atomic E-state index is 11.1. The molecule has 0 aromatic carbocycles. The smallest absolute Gasteiger partial charge is 0.252 e. The number of amides is 1. The molecule has 1 aromatic heterocycles. The number of nitrogens with zero attached hydrogens (tertiary/aromatic N) is 1. The SMILES string of the molecule is CCCNc1ncc(Br)cc1C(N)=O. The molecule has 0 fully saturated rings. The summed E-state index contributed by atoms with van der Waals surface area (Å²) in [6.45, 7) is 2.81. The topological polar surface area (TPSA) is 68.0 Å². The highest BCUT2D eigenvalue weighted by Gasteiger charge is 2.09. The van der Waals surface area contributed by atoms with E-state index in [0.29, 0.717) is 11.4 Å². The zero-order valence-corrected chi connectivity index (χ0v) is 9.47. The summed E-state index contributed by atoms with van der Waals surface area (Å²) in [7, 11) is 0. The summed E-state index contributed by atoms with van der Waals surface area (Å²) < 4.78 is 0.744. The predicted octanol–water partition coefficient (Wildman–Crippen LogP) is 1.76. The van der Waals surface area contributed by atoms with Gasteiger partial charge in [-0.15, -0.1) is 0 Å². The summed E-state index contributed by atoms with van der Waals surface area (Å²) in [6.07, 6.45) is 2.60. The monoisotopic (exact) mass is 257 g/mol. The highest BCUT2D eigenvalue weighted by Crippen LogP contribution is 2.17. The van der Waals surface area contributed by atoms with E-state index in [-0.39, 0.29) is 0 Å². The molecule has 0 atom stereocenters. The Labute approximate surface area is 91.0 Å². The number of aromatic nitrogens is 1. The van der Waals surface area contributed by atoms with Crippen molar-refractivity contribution in [3.8, 4) is 0 Å². The Morgan fingerprint density at radius 3 is 3.00 bits per heavy atom. The van der Waals surface area contributed by atoms with Gasteiger partial charge in [0.15, 0.2) is 0 Å². The standard InChI is InChI=1S/C9H12BrN3O/c1-2-3-12-9-7(8(11)14)4-6(10)5-13-9/h4-5H,2-3H2,1H3,(H2,11,14)(H,12,13). The fourth-order valence-electron chi connectivity index (χ4n) is 1.01. The number of hydrogen-bond acceptors (Lipinski definition) is 3. The zero-order valence-electron chi connectivity index (χ0n) is 7.88. The van der Waals surface area contributed by atoms with Crippen LogP contribution in [0.25, 0.3) is 0 Å². The van der Waals surface area contributed by atoms with Gasteiger partial charge >= 0.3 is 0 Å². The van der Waals surface area contributed by atoms with E-state index < -0.39 is 5.91 Å². The first-order valence-corrected chi connectivity index (χ1v) is 5.13. The van der Waals surface area contributed by atoms with Crippen molar-refractivity contribution in [1.29, 1.82) is 0 Å². The fourth-order valence-corrected chi connectivity index (χ4v) is 1.34. The van der Waals surface area contributed by atoms with Crippen LogP contribution in [-0.4, -0.2) is 17.4 Å². The average Bonchev–Trinajstić information content (AvgIpc) is 2.15. The van der Waals surface area contributed by atoms with Gasteiger partial charge in [-0.05, 0) is 28.4 Å². The molecule has 0 aliphatic carbocycles. The van der Waals surface area contributed by atoms with Gasteiger partial charge in [-0.2, -0.15) is 0 Å². The van der Waals surface area contributed by atoms with Crippen molar-refractivity contribution in [3.63, 3.8) is 0 Å². The van der Waals surface area contributed by atoms with Crippen LogP contribution >= 0.6 is 15.9 Å². The molecule has 1 heterocycles. The molecule has 4 nitrogen and oxygen atoms in total. The fraction of sp³-hybridized carbons (Fsp3) is 0.333. The van der Waals surface area contributed by atoms with E-state index in [4.69, 9.17) is 5.73 Å². The van der Waals surface area contributed by atoms with E-state index in [0.717, 1.165) is 17.4 Å². The van der Waals surface area contributed by atoms with Gasteiger partial charge in [0.2, 0.25) is 0 Å². The lowest BCUT2D eigenvalue weighted by atomic mass is 10.2. The maximum absolute atomic E-state index is 11.1. The largest absolute Gasteiger partial charge is 0.369 e. The molecule has 76 valence electrons. The van der Waals surface area contributed by atoms with Gasteiger partial charge in [-0.3, -0.25) is 4.79 Å². The number of carbonyl (C=O) groups is 1. The first-order chi connectivity index (χ1) is 6.65. The number of nitrogens with two attached hydrogens (primary N) is 1. The van der Waals surface area contributed by atoms with Crippen LogP contribution in [0.4, 0.5) is 5.82 Å². The number of hydrogen-bond donors (Lipinski definition) is 2. The summed E-state index contributed by atoms with van der Waals surface area (Å²) in [4.78, 5) is 15.1. The van der Waals surface area contributed by atoms with Gasteiger partial charge < -0.3 is 11.1 Å². The van der Waals surface area contributed by atoms with Crippen LogP contribution in [0.15, 0.2) is 16.7 Å². The van der Waals surface area contributed by atoms with Crippen LogP contribution in [-0.2, 0) is 0 Å². The molecular weight excluding hydrogens is 246 g/mol. The summed E-state index contributed by atoms with van der Waals surface area (Å²) in [6, 6.07) is 1.66. The molecular formula is C9H12BrN3O. The number of pyridine rings is 1. The van der Waals surface area contributed by atoms with Crippen molar-refractivity contribution in [3.05, 3.63) is 22.3 Å². The molecule has 0 spiro atoms. The molecule has 3 N–H and O–H groups in total. The molecule has 0 saturated heterocycles. The van der Waals surface area contributed by atoms with Gasteiger partial charge in [0.25, 0.3) is 5.91 Å². The highest BCUT2D eigenvalue weighted by molar-refractivity contribution is 9.10. The van der Waals surface area contributed by atoms with E-state index in [1.54, 1.807) is 12.3 Å². The van der Waals surface area contributed by atoms with E-state index in [1.165, 1.54) is 0 Å². The zero-order chi connectivity index (χ0) is 10.6. The van der Waals surface area contributed by atoms with Crippen molar-refractivity contribution < 1.29 is 4.79 Å². The predicted molar refractivity (Wildman–Crippen MR) is 59.2 cm³/mol. The second-order valence-electron chi connectivity index (χ2n) is 2.84. The number of halogens is 1. The Morgan fingerprint density at radius 2 is 2.43 bits per heavy atom. The third-order valence-electron chi connectivity index (χ3n) is 1.66. The van der Waals surface area contributed by atoms with Crippen LogP contribution in [0.5, 0.6) is 0 Å². The van der Waals surface area contributed by atoms with Crippen molar-refractivity contribution in [2.45, 2.75) is 13.3 Å². The molecule has 14 heavy (non-hydrogen) atoms. The number of anilines is 1. The molecule has 1 amide bonds. The average molecular weight is 258 g/mol. The minimum atomic E-state index is -0.475. The second-order valence-corrected chi connectivity index (χ2v) is 3.76. The summed E-state index contributed by atoms with van der Waals surface area (Å²) in [5.41, 5.74) is 5.63. The number of primary amides is 1. The van der Waals surface area contributed by atoms with E-state index in [1.807, 2.05) is 6.92 Å². The molecule has 0 bridgehead atoms.